The maximum Gasteiger partial charge on any atom is 0.256 e. The Hall–Kier alpha value is -2.37. The molecule has 2 aromatic rings. The van der Waals surface area contributed by atoms with Crippen molar-refractivity contribution in [2.24, 2.45) is 0 Å². The second kappa shape index (κ2) is 5.73. The third kappa shape index (κ3) is 2.49. The Kier molecular flexibility index (Phi) is 4.02. The van der Waals surface area contributed by atoms with Crippen LogP contribution < -0.4 is 15.0 Å². The van der Waals surface area contributed by atoms with Crippen LogP contribution in [0.15, 0.2) is 23.4 Å². The molecule has 0 aliphatic carbocycles. The molecule has 0 spiro atoms. The zero-order chi connectivity index (χ0) is 14.7. The second-order valence-corrected chi connectivity index (χ2v) is 4.38. The molecule has 0 radical (unpaired) electrons. The average Bonchev–Trinajstić information content (AvgIpc) is 2.47. The molecule has 0 bridgehead atoms. The maximum absolute atomic E-state index is 12.2. The Morgan fingerprint density at radius 3 is 2.60 bits per heavy atom. The van der Waals surface area contributed by atoms with Crippen LogP contribution in [-0.2, 0) is 6.54 Å². The molecule has 0 N–H and O–H groups in total. The molecule has 2 rings (SSSR count). The first-order chi connectivity index (χ1) is 9.58. The summed E-state index contributed by atoms with van der Waals surface area (Å²) in [6.45, 7) is 3.86. The van der Waals surface area contributed by atoms with E-state index in [1.807, 2.05) is 6.92 Å². The Labute approximate surface area is 117 Å². The third-order valence-electron chi connectivity index (χ3n) is 3.20. The highest BCUT2D eigenvalue weighted by molar-refractivity contribution is 5.42. The quantitative estimate of drug-likeness (QED) is 0.842. The molecule has 0 aliphatic heterocycles. The van der Waals surface area contributed by atoms with Crippen molar-refractivity contribution in [3.8, 4) is 11.5 Å². The van der Waals surface area contributed by atoms with Crippen molar-refractivity contribution in [1.29, 1.82) is 0 Å². The van der Waals surface area contributed by atoms with Crippen LogP contribution in [-0.4, -0.2) is 28.8 Å². The summed E-state index contributed by atoms with van der Waals surface area (Å²) in [5.74, 6) is 1.11. The Morgan fingerprint density at radius 1 is 1.20 bits per heavy atom. The molecule has 0 unspecified atom stereocenters. The molecule has 0 aliphatic rings. The van der Waals surface area contributed by atoms with Gasteiger partial charge >= 0.3 is 0 Å². The first kappa shape index (κ1) is 14.0. The van der Waals surface area contributed by atoms with Gasteiger partial charge < -0.3 is 9.47 Å². The number of hydrogen-bond acceptors (Lipinski definition) is 5. The van der Waals surface area contributed by atoms with Gasteiger partial charge in [0.1, 0.15) is 5.69 Å². The van der Waals surface area contributed by atoms with E-state index in [9.17, 15) is 4.79 Å². The zero-order valence-corrected chi connectivity index (χ0v) is 12.0. The summed E-state index contributed by atoms with van der Waals surface area (Å²) < 4.78 is 12.0. The van der Waals surface area contributed by atoms with Gasteiger partial charge in [-0.3, -0.25) is 14.3 Å². The van der Waals surface area contributed by atoms with Gasteiger partial charge in [0.2, 0.25) is 0 Å². The second-order valence-electron chi connectivity index (χ2n) is 4.38. The molecule has 0 amide bonds. The van der Waals surface area contributed by atoms with Gasteiger partial charge in [-0.1, -0.05) is 0 Å². The predicted octanol–water partition coefficient (Wildman–Crippen LogP) is 1.32. The highest BCUT2D eigenvalue weighted by atomic mass is 16.5. The van der Waals surface area contributed by atoms with Crippen LogP contribution in [0.25, 0.3) is 0 Å². The van der Waals surface area contributed by atoms with E-state index in [1.54, 1.807) is 33.4 Å². The molecule has 2 aromatic heterocycles. The molecule has 20 heavy (non-hydrogen) atoms. The van der Waals surface area contributed by atoms with E-state index in [0.717, 1.165) is 5.69 Å². The van der Waals surface area contributed by atoms with Gasteiger partial charge in [-0.25, -0.2) is 4.98 Å². The first-order valence-corrected chi connectivity index (χ1v) is 6.17. The zero-order valence-electron chi connectivity index (χ0n) is 12.0. The summed E-state index contributed by atoms with van der Waals surface area (Å²) in [5, 5.41) is 0. The molecule has 0 fully saturated rings. The van der Waals surface area contributed by atoms with Crippen molar-refractivity contribution in [2.45, 2.75) is 20.4 Å². The molecule has 2 heterocycles. The fraction of sp³-hybridized carbons (Fsp3) is 0.357. The summed E-state index contributed by atoms with van der Waals surface area (Å²) in [6, 6.07) is 1.71. The van der Waals surface area contributed by atoms with Crippen molar-refractivity contribution in [2.75, 3.05) is 14.2 Å². The van der Waals surface area contributed by atoms with Gasteiger partial charge in [0.15, 0.2) is 11.5 Å². The van der Waals surface area contributed by atoms with E-state index in [-0.39, 0.29) is 12.1 Å². The van der Waals surface area contributed by atoms with Crippen LogP contribution in [0.4, 0.5) is 0 Å². The van der Waals surface area contributed by atoms with Crippen LogP contribution in [0.2, 0.25) is 0 Å². The monoisotopic (exact) mass is 275 g/mol. The number of ether oxygens (including phenoxy) is 2. The predicted molar refractivity (Wildman–Crippen MR) is 74.4 cm³/mol. The van der Waals surface area contributed by atoms with Crippen LogP contribution >= 0.6 is 0 Å². The molecular weight excluding hydrogens is 258 g/mol. The molecule has 0 aromatic carbocycles. The molecule has 0 saturated carbocycles. The van der Waals surface area contributed by atoms with E-state index in [0.29, 0.717) is 22.8 Å². The van der Waals surface area contributed by atoms with Crippen LogP contribution in [0, 0.1) is 13.8 Å². The molecule has 6 heteroatoms. The largest absolute Gasteiger partial charge is 0.493 e. The fourth-order valence-corrected chi connectivity index (χ4v) is 1.91. The summed E-state index contributed by atoms with van der Waals surface area (Å²) in [7, 11) is 3.11. The smallest absolute Gasteiger partial charge is 0.256 e. The van der Waals surface area contributed by atoms with Crippen LogP contribution in [0.1, 0.15) is 17.0 Å². The number of rotatable bonds is 4. The van der Waals surface area contributed by atoms with Crippen molar-refractivity contribution in [3.63, 3.8) is 0 Å². The third-order valence-corrected chi connectivity index (χ3v) is 3.20. The Morgan fingerprint density at radius 2 is 1.95 bits per heavy atom. The minimum atomic E-state index is -0.0795. The van der Waals surface area contributed by atoms with E-state index < -0.39 is 0 Å². The molecular formula is C14H17N3O3. The summed E-state index contributed by atoms with van der Waals surface area (Å²) in [6.07, 6.45) is 3.14. The van der Waals surface area contributed by atoms with Gasteiger partial charge in [-0.2, -0.15) is 0 Å². The van der Waals surface area contributed by atoms with E-state index in [1.165, 1.54) is 10.9 Å². The van der Waals surface area contributed by atoms with E-state index >= 15 is 0 Å². The summed E-state index contributed by atoms with van der Waals surface area (Å²) >= 11 is 0. The molecule has 106 valence electrons. The number of pyridine rings is 1. The lowest BCUT2D eigenvalue weighted by Gasteiger charge is -2.13. The van der Waals surface area contributed by atoms with Gasteiger partial charge in [0.05, 0.1) is 27.1 Å². The topological polar surface area (TPSA) is 66.2 Å². The SMILES string of the molecule is COc1ccnc(Cn2cnc(C)c(C)c2=O)c1OC. The van der Waals surface area contributed by atoms with Crippen LogP contribution in [0.3, 0.4) is 0 Å². The maximum atomic E-state index is 12.2. The standard InChI is InChI=1S/C14H17N3O3/c1-9-10(2)16-8-17(14(9)18)7-11-13(20-4)12(19-3)5-6-15-11/h5-6,8H,7H2,1-4H3. The van der Waals surface area contributed by atoms with Gasteiger partial charge in [-0.05, 0) is 13.8 Å². The highest BCUT2D eigenvalue weighted by Gasteiger charge is 2.13. The molecule has 0 atom stereocenters. The highest BCUT2D eigenvalue weighted by Crippen LogP contribution is 2.29. The minimum absolute atomic E-state index is 0.0795. The number of aromatic nitrogens is 3. The van der Waals surface area contributed by atoms with Crippen molar-refractivity contribution in [3.05, 3.63) is 45.9 Å². The molecule has 0 saturated heterocycles. The number of methoxy groups -OCH3 is 2. The van der Waals surface area contributed by atoms with Crippen molar-refractivity contribution >= 4 is 0 Å². The Bertz CT molecular complexity index is 680. The normalized spacial score (nSPS) is 10.4. The lowest BCUT2D eigenvalue weighted by atomic mass is 10.2. The van der Waals surface area contributed by atoms with Crippen molar-refractivity contribution < 1.29 is 9.47 Å². The van der Waals surface area contributed by atoms with E-state index in [2.05, 4.69) is 9.97 Å². The lowest BCUT2D eigenvalue weighted by Crippen LogP contribution is -2.24. The first-order valence-electron chi connectivity index (χ1n) is 6.17. The van der Waals surface area contributed by atoms with Gasteiger partial charge in [-0.15, -0.1) is 0 Å². The number of hydrogen-bond donors (Lipinski definition) is 0. The average molecular weight is 275 g/mol. The van der Waals surface area contributed by atoms with Gasteiger partial charge in [0.25, 0.3) is 5.56 Å². The number of aryl methyl sites for hydroxylation is 1. The fourth-order valence-electron chi connectivity index (χ4n) is 1.91. The van der Waals surface area contributed by atoms with Gasteiger partial charge in [0, 0.05) is 23.5 Å². The Balaban J connectivity index is 2.45. The lowest BCUT2D eigenvalue weighted by molar-refractivity contribution is 0.348. The van der Waals surface area contributed by atoms with Crippen LogP contribution in [0.5, 0.6) is 11.5 Å². The summed E-state index contributed by atoms with van der Waals surface area (Å²) in [4.78, 5) is 20.6. The summed E-state index contributed by atoms with van der Waals surface area (Å²) in [5.41, 5.74) is 1.91. The molecule has 6 nitrogen and oxygen atoms in total. The number of nitrogens with zero attached hydrogens (tertiary/aromatic N) is 3. The minimum Gasteiger partial charge on any atom is -0.493 e. The van der Waals surface area contributed by atoms with Crippen molar-refractivity contribution in [1.82, 2.24) is 14.5 Å². The van der Waals surface area contributed by atoms with E-state index in [4.69, 9.17) is 9.47 Å².